The first-order valence-electron chi connectivity index (χ1n) is 6.31. The van der Waals surface area contributed by atoms with Crippen molar-refractivity contribution < 1.29 is 0 Å². The average molecular weight is 301 g/mol. The van der Waals surface area contributed by atoms with Crippen LogP contribution in [0.1, 0.15) is 23.7 Å². The van der Waals surface area contributed by atoms with Gasteiger partial charge in [-0.15, -0.1) is 0 Å². The molecular formula is C14H13ClN6. The predicted octanol–water partition coefficient (Wildman–Crippen LogP) is 3.08. The van der Waals surface area contributed by atoms with Gasteiger partial charge in [-0.05, 0) is 18.1 Å². The van der Waals surface area contributed by atoms with E-state index < -0.39 is 0 Å². The van der Waals surface area contributed by atoms with E-state index in [-0.39, 0.29) is 10.7 Å². The standard InChI is InChI=1S/C14H13ClN6/c1-4-10-11(7-16)13(15)19-14(12(10)17-2)21(3)8-9-5-6-18-20-9/h5-6H,4,8H2,1,3H3,(H,18,20). The molecule has 0 amide bonds. The van der Waals surface area contributed by atoms with Gasteiger partial charge in [-0.3, -0.25) is 5.10 Å². The first kappa shape index (κ1) is 14.8. The van der Waals surface area contributed by atoms with Crippen LogP contribution in [-0.4, -0.2) is 22.2 Å². The molecule has 0 aliphatic rings. The van der Waals surface area contributed by atoms with Crippen LogP contribution in [0.4, 0.5) is 11.5 Å². The van der Waals surface area contributed by atoms with E-state index in [2.05, 4.69) is 20.0 Å². The van der Waals surface area contributed by atoms with Crippen molar-refractivity contribution in [2.24, 2.45) is 0 Å². The molecule has 0 fully saturated rings. The Morgan fingerprint density at radius 2 is 2.33 bits per heavy atom. The van der Waals surface area contributed by atoms with E-state index in [9.17, 15) is 5.26 Å². The summed E-state index contributed by atoms with van der Waals surface area (Å²) in [4.78, 5) is 9.59. The number of pyridine rings is 1. The highest BCUT2D eigenvalue weighted by molar-refractivity contribution is 6.31. The van der Waals surface area contributed by atoms with Gasteiger partial charge in [-0.2, -0.15) is 10.4 Å². The van der Waals surface area contributed by atoms with Crippen molar-refractivity contribution in [1.29, 1.82) is 5.26 Å². The van der Waals surface area contributed by atoms with Gasteiger partial charge in [0.15, 0.2) is 0 Å². The Kier molecular flexibility index (Phi) is 4.42. The van der Waals surface area contributed by atoms with Gasteiger partial charge in [0.05, 0.1) is 24.4 Å². The third-order valence-electron chi connectivity index (χ3n) is 3.11. The first-order chi connectivity index (χ1) is 10.1. The first-order valence-corrected chi connectivity index (χ1v) is 6.69. The molecule has 21 heavy (non-hydrogen) atoms. The van der Waals surface area contributed by atoms with E-state index in [0.717, 1.165) is 5.69 Å². The summed E-state index contributed by atoms with van der Waals surface area (Å²) < 4.78 is 0. The molecule has 0 aromatic carbocycles. The second-order valence-corrected chi connectivity index (χ2v) is 4.80. The quantitative estimate of drug-likeness (QED) is 0.695. The van der Waals surface area contributed by atoms with Gasteiger partial charge in [0, 0.05) is 13.2 Å². The molecule has 2 rings (SSSR count). The van der Waals surface area contributed by atoms with Crippen LogP contribution in [0.5, 0.6) is 0 Å². The molecule has 0 aliphatic carbocycles. The average Bonchev–Trinajstić information content (AvgIpc) is 2.98. The summed E-state index contributed by atoms with van der Waals surface area (Å²) in [6.07, 6.45) is 2.21. The van der Waals surface area contributed by atoms with Gasteiger partial charge in [-0.25, -0.2) is 9.83 Å². The zero-order valence-corrected chi connectivity index (χ0v) is 12.4. The Bertz CT molecular complexity index is 723. The summed E-state index contributed by atoms with van der Waals surface area (Å²) in [6.45, 7) is 9.80. The normalized spacial score (nSPS) is 9.95. The van der Waals surface area contributed by atoms with Crippen LogP contribution in [-0.2, 0) is 13.0 Å². The Morgan fingerprint density at radius 3 is 2.86 bits per heavy atom. The minimum atomic E-state index is 0.133. The second kappa shape index (κ2) is 6.25. The Hall–Kier alpha value is -2.57. The molecule has 2 aromatic heterocycles. The van der Waals surface area contributed by atoms with Gasteiger partial charge in [-0.1, -0.05) is 18.5 Å². The van der Waals surface area contributed by atoms with Crippen LogP contribution in [0, 0.1) is 17.9 Å². The fraction of sp³-hybridized carbons (Fsp3) is 0.286. The molecule has 2 heterocycles. The zero-order valence-electron chi connectivity index (χ0n) is 11.7. The van der Waals surface area contributed by atoms with E-state index in [1.165, 1.54) is 0 Å². The van der Waals surface area contributed by atoms with E-state index in [0.29, 0.717) is 30.0 Å². The topological polar surface area (TPSA) is 73.0 Å². The maximum Gasteiger partial charge on any atom is 0.232 e. The number of hydrogen-bond acceptors (Lipinski definition) is 4. The molecule has 1 N–H and O–H groups in total. The number of H-pyrrole nitrogens is 1. The highest BCUT2D eigenvalue weighted by Crippen LogP contribution is 2.36. The second-order valence-electron chi connectivity index (χ2n) is 4.44. The molecule has 0 atom stereocenters. The lowest BCUT2D eigenvalue weighted by Gasteiger charge is -2.21. The SMILES string of the molecule is [C-]#[N+]c1c(N(C)Cc2ccn[nH]2)nc(Cl)c(C#N)c1CC. The molecule has 0 unspecified atom stereocenters. The fourth-order valence-corrected chi connectivity index (χ4v) is 2.36. The monoisotopic (exact) mass is 300 g/mol. The van der Waals surface area contributed by atoms with Gasteiger partial charge in [0.2, 0.25) is 5.69 Å². The van der Waals surface area contributed by atoms with Gasteiger partial charge < -0.3 is 4.90 Å². The van der Waals surface area contributed by atoms with Crippen LogP contribution in [0.15, 0.2) is 12.3 Å². The minimum Gasteiger partial charge on any atom is -0.362 e. The summed E-state index contributed by atoms with van der Waals surface area (Å²) in [7, 11) is 1.82. The maximum atomic E-state index is 9.18. The van der Waals surface area contributed by atoms with E-state index in [1.54, 1.807) is 6.20 Å². The van der Waals surface area contributed by atoms with Crippen molar-refractivity contribution in [3.8, 4) is 6.07 Å². The molecule has 6 nitrogen and oxygen atoms in total. The van der Waals surface area contributed by atoms with Crippen LogP contribution in [0.2, 0.25) is 5.15 Å². The van der Waals surface area contributed by atoms with Gasteiger partial charge in [0.1, 0.15) is 17.0 Å². The number of hydrogen-bond donors (Lipinski definition) is 1. The summed E-state index contributed by atoms with van der Waals surface area (Å²) in [5.41, 5.74) is 2.19. The van der Waals surface area contributed by atoms with Crippen LogP contribution < -0.4 is 4.90 Å². The molecule has 0 spiro atoms. The number of nitrogens with one attached hydrogen (secondary N) is 1. The highest BCUT2D eigenvalue weighted by Gasteiger charge is 2.20. The summed E-state index contributed by atoms with van der Waals surface area (Å²) in [5, 5.41) is 16.1. The van der Waals surface area contributed by atoms with Crippen molar-refractivity contribution in [1.82, 2.24) is 15.2 Å². The van der Waals surface area contributed by atoms with Gasteiger partial charge >= 0.3 is 0 Å². The molecule has 0 bridgehead atoms. The molecule has 0 saturated carbocycles. The lowest BCUT2D eigenvalue weighted by Crippen LogP contribution is -2.19. The predicted molar refractivity (Wildman–Crippen MR) is 80.3 cm³/mol. The maximum absolute atomic E-state index is 9.18. The summed E-state index contributed by atoms with van der Waals surface area (Å²) in [6, 6.07) is 3.88. The molecule has 106 valence electrons. The Morgan fingerprint density at radius 1 is 1.57 bits per heavy atom. The molecule has 0 aliphatic heterocycles. The molecular weight excluding hydrogens is 288 g/mol. The highest BCUT2D eigenvalue weighted by atomic mass is 35.5. The molecule has 0 saturated heterocycles. The van der Waals surface area contributed by atoms with Crippen LogP contribution in [0.25, 0.3) is 4.85 Å². The number of halogens is 1. The Labute approximate surface area is 127 Å². The number of aromatic amines is 1. The smallest absolute Gasteiger partial charge is 0.232 e. The Balaban J connectivity index is 2.51. The number of anilines is 1. The number of aromatic nitrogens is 3. The lowest BCUT2D eigenvalue weighted by atomic mass is 10.1. The summed E-state index contributed by atoms with van der Waals surface area (Å²) >= 11 is 6.09. The van der Waals surface area contributed by atoms with E-state index in [1.807, 2.05) is 31.0 Å². The number of nitriles is 1. The molecule has 7 heteroatoms. The van der Waals surface area contributed by atoms with Crippen LogP contribution >= 0.6 is 11.6 Å². The van der Waals surface area contributed by atoms with Crippen molar-refractivity contribution in [3.63, 3.8) is 0 Å². The van der Waals surface area contributed by atoms with Crippen molar-refractivity contribution in [2.45, 2.75) is 19.9 Å². The zero-order chi connectivity index (χ0) is 15.4. The number of rotatable bonds is 4. The van der Waals surface area contributed by atoms with Crippen molar-refractivity contribution >= 4 is 23.1 Å². The lowest BCUT2D eigenvalue weighted by molar-refractivity contribution is 0.853. The van der Waals surface area contributed by atoms with Crippen molar-refractivity contribution in [2.75, 3.05) is 11.9 Å². The third-order valence-corrected chi connectivity index (χ3v) is 3.39. The van der Waals surface area contributed by atoms with Crippen molar-refractivity contribution in [3.05, 3.63) is 45.7 Å². The largest absolute Gasteiger partial charge is 0.362 e. The fourth-order valence-electron chi connectivity index (χ4n) is 2.12. The van der Waals surface area contributed by atoms with Crippen LogP contribution in [0.3, 0.4) is 0 Å². The molecule has 2 aromatic rings. The van der Waals surface area contributed by atoms with E-state index >= 15 is 0 Å². The minimum absolute atomic E-state index is 0.133. The molecule has 0 radical (unpaired) electrons. The summed E-state index contributed by atoms with van der Waals surface area (Å²) in [5.74, 6) is 0.473. The van der Waals surface area contributed by atoms with Gasteiger partial charge in [0.25, 0.3) is 0 Å². The number of nitrogens with zero attached hydrogens (tertiary/aromatic N) is 5. The third kappa shape index (κ3) is 2.81. The van der Waals surface area contributed by atoms with E-state index in [4.69, 9.17) is 18.2 Å².